The second-order valence-corrected chi connectivity index (χ2v) is 7.93. The minimum Gasteiger partial charge on any atom is -0.394 e. The zero-order valence-corrected chi connectivity index (χ0v) is 18.2. The van der Waals surface area contributed by atoms with Crippen LogP contribution in [-0.4, -0.2) is 21.8 Å². The molecule has 1 unspecified atom stereocenters. The molecule has 4 heteroatoms. The molecule has 0 radical (unpaired) electrons. The van der Waals surface area contributed by atoms with Crippen molar-refractivity contribution >= 4 is 8.56 Å². The third-order valence-electron chi connectivity index (χ3n) is 3.33. The first-order valence-corrected chi connectivity index (χ1v) is 9.09. The maximum atomic E-state index is 5.98. The Morgan fingerprint density at radius 3 is 2.00 bits per heavy atom. The van der Waals surface area contributed by atoms with Crippen molar-refractivity contribution in [1.82, 2.24) is 0 Å². The summed E-state index contributed by atoms with van der Waals surface area (Å²) in [6.45, 7) is 10.0. The van der Waals surface area contributed by atoms with Gasteiger partial charge in [-0.05, 0) is 20.4 Å². The predicted octanol–water partition coefficient (Wildman–Crippen LogP) is 5.34. The van der Waals surface area contributed by atoms with Crippen molar-refractivity contribution < 1.29 is 29.9 Å². The average Bonchev–Trinajstić information content (AvgIpc) is 2.79. The van der Waals surface area contributed by atoms with Gasteiger partial charge in [-0.2, -0.15) is 6.08 Å². The number of allylic oxidation sites excluding steroid dienone is 4. The molecule has 0 aromatic rings. The van der Waals surface area contributed by atoms with E-state index in [2.05, 4.69) is 45.5 Å². The van der Waals surface area contributed by atoms with Crippen molar-refractivity contribution in [3.63, 3.8) is 0 Å². The van der Waals surface area contributed by atoms with E-state index < -0.39 is 8.56 Å². The first-order valence-electron chi connectivity index (χ1n) is 6.70. The number of hydrogen-bond donors (Lipinski definition) is 0. The molecule has 0 bridgehead atoms. The summed E-state index contributed by atoms with van der Waals surface area (Å²) in [6, 6.07) is 0. The third kappa shape index (κ3) is 9.13. The molecule has 0 N–H and O–H groups in total. The van der Waals surface area contributed by atoms with E-state index in [-0.39, 0.29) is 43.3 Å². The summed E-state index contributed by atoms with van der Waals surface area (Å²) in [5.74, 6) is 0. The van der Waals surface area contributed by atoms with Crippen molar-refractivity contribution in [2.75, 3.05) is 13.2 Å². The molecule has 0 aromatic heterocycles. The van der Waals surface area contributed by atoms with Gasteiger partial charge in [0, 0.05) is 18.8 Å². The Labute approximate surface area is 149 Å². The topological polar surface area (TPSA) is 18.5 Å². The van der Waals surface area contributed by atoms with E-state index in [1.54, 1.807) is 0 Å². The van der Waals surface area contributed by atoms with Gasteiger partial charge in [0.05, 0.1) is 0 Å². The van der Waals surface area contributed by atoms with Crippen LogP contribution in [-0.2, 0) is 29.9 Å². The van der Waals surface area contributed by atoms with E-state index in [0.717, 1.165) is 32.5 Å². The molecular weight excluding hydrogens is 459 g/mol. The van der Waals surface area contributed by atoms with Crippen LogP contribution < -0.4 is 0 Å². The quantitative estimate of drug-likeness (QED) is 0.336. The average molecular weight is 494 g/mol. The standard InChI is InChI=1S/C14H25O2Si.3CH3.Pt/c1-5-14(12-13-10-8-9-11-13)17(4,15-6-2)16-7-3;;;;/h8,10,14H,5-7,9,12H2,1-4H3;3*1H3;/q4*-1;+4. The van der Waals surface area contributed by atoms with Crippen molar-refractivity contribution in [3.05, 3.63) is 46.1 Å². The SMILES string of the molecule is CCO[Si](C)(OCC)C(CC)CC1=[C-]CC=C1.[CH3-].[CH3-].[CH3-].[Pt+4]. The van der Waals surface area contributed by atoms with Crippen LogP contribution in [0.3, 0.4) is 0 Å². The van der Waals surface area contributed by atoms with Gasteiger partial charge in [-0.1, -0.05) is 19.8 Å². The largest absolute Gasteiger partial charge is 4.00 e. The molecule has 0 spiro atoms. The van der Waals surface area contributed by atoms with Crippen molar-refractivity contribution in [2.45, 2.75) is 52.1 Å². The summed E-state index contributed by atoms with van der Waals surface area (Å²) in [5.41, 5.74) is 1.85. The molecule has 0 aromatic carbocycles. The van der Waals surface area contributed by atoms with Crippen molar-refractivity contribution in [1.29, 1.82) is 0 Å². The maximum Gasteiger partial charge on any atom is 4.00 e. The van der Waals surface area contributed by atoms with Gasteiger partial charge in [-0.15, -0.1) is 6.42 Å². The summed E-state index contributed by atoms with van der Waals surface area (Å²) < 4.78 is 12.0. The van der Waals surface area contributed by atoms with Crippen LogP contribution in [0.15, 0.2) is 17.7 Å². The second kappa shape index (κ2) is 15.2. The van der Waals surface area contributed by atoms with E-state index >= 15 is 0 Å². The van der Waals surface area contributed by atoms with Gasteiger partial charge in [0.1, 0.15) is 0 Å². The zero-order valence-electron chi connectivity index (χ0n) is 14.9. The summed E-state index contributed by atoms with van der Waals surface area (Å²) >= 11 is 0. The first-order chi connectivity index (χ1) is 8.16. The van der Waals surface area contributed by atoms with E-state index in [1.165, 1.54) is 5.57 Å². The molecule has 2 nitrogen and oxygen atoms in total. The fourth-order valence-corrected chi connectivity index (χ4v) is 5.44. The molecule has 0 amide bonds. The molecule has 0 aliphatic heterocycles. The molecule has 0 heterocycles. The van der Waals surface area contributed by atoms with Gasteiger partial charge in [-0.3, -0.25) is 6.08 Å². The first kappa shape index (κ1) is 29.3. The molecule has 1 atom stereocenters. The predicted molar refractivity (Wildman–Crippen MR) is 93.3 cm³/mol. The van der Waals surface area contributed by atoms with E-state index in [1.807, 2.05) is 0 Å². The summed E-state index contributed by atoms with van der Waals surface area (Å²) in [6.07, 6.45) is 10.9. The maximum absolute atomic E-state index is 5.98. The van der Waals surface area contributed by atoms with Gasteiger partial charge in [0.25, 0.3) is 0 Å². The van der Waals surface area contributed by atoms with Gasteiger partial charge in [0.2, 0.25) is 0 Å². The Balaban J connectivity index is -0.000000361. The van der Waals surface area contributed by atoms with Crippen molar-refractivity contribution in [3.8, 4) is 0 Å². The molecule has 0 saturated heterocycles. The fourth-order valence-electron chi connectivity index (χ4n) is 2.41. The number of rotatable bonds is 8. The molecule has 1 aliphatic rings. The van der Waals surface area contributed by atoms with Gasteiger partial charge >= 0.3 is 29.6 Å². The van der Waals surface area contributed by atoms with Crippen LogP contribution >= 0.6 is 0 Å². The Hall–Kier alpha value is 0.305. The molecule has 0 fully saturated rings. The summed E-state index contributed by atoms with van der Waals surface area (Å²) in [7, 11) is -2.04. The Morgan fingerprint density at radius 2 is 1.67 bits per heavy atom. The van der Waals surface area contributed by atoms with E-state index in [9.17, 15) is 0 Å². The minimum absolute atomic E-state index is 0. The van der Waals surface area contributed by atoms with Crippen molar-refractivity contribution in [2.24, 2.45) is 0 Å². The molecule has 21 heavy (non-hydrogen) atoms. The normalized spacial score (nSPS) is 14.0. The Morgan fingerprint density at radius 1 is 1.14 bits per heavy atom. The monoisotopic (exact) mass is 493 g/mol. The van der Waals surface area contributed by atoms with Crippen LogP contribution in [0.4, 0.5) is 0 Å². The fraction of sp³-hybridized carbons (Fsp3) is 0.588. The Bertz CT molecular complexity index is 285. The second-order valence-electron chi connectivity index (χ2n) is 4.50. The summed E-state index contributed by atoms with van der Waals surface area (Å²) in [5, 5.41) is 0. The molecule has 0 saturated carbocycles. The molecule has 1 rings (SSSR count). The van der Waals surface area contributed by atoms with Crippen LogP contribution in [0, 0.1) is 28.4 Å². The van der Waals surface area contributed by atoms with E-state index in [0.29, 0.717) is 5.54 Å². The number of hydrogen-bond acceptors (Lipinski definition) is 2. The summed E-state index contributed by atoms with van der Waals surface area (Å²) in [4.78, 5) is 0. The smallest absolute Gasteiger partial charge is 0.394 e. The molecule has 128 valence electrons. The Kier molecular flexibility index (Phi) is 21.2. The van der Waals surface area contributed by atoms with Gasteiger partial charge in [-0.25, -0.2) is 11.6 Å². The van der Waals surface area contributed by atoms with Crippen LogP contribution in [0.25, 0.3) is 0 Å². The molecular formula is C17H34O2PtSi. The molecule has 1 aliphatic carbocycles. The zero-order chi connectivity index (χ0) is 12.7. The van der Waals surface area contributed by atoms with E-state index in [4.69, 9.17) is 8.85 Å². The van der Waals surface area contributed by atoms with Crippen LogP contribution in [0.1, 0.15) is 40.0 Å². The van der Waals surface area contributed by atoms with Gasteiger partial charge < -0.3 is 31.1 Å². The van der Waals surface area contributed by atoms with Crippen LogP contribution in [0.2, 0.25) is 12.1 Å². The van der Waals surface area contributed by atoms with Gasteiger partial charge in [0.15, 0.2) is 0 Å². The third-order valence-corrected chi connectivity index (χ3v) is 7.15. The minimum atomic E-state index is -2.04. The van der Waals surface area contributed by atoms with Crippen LogP contribution in [0.5, 0.6) is 0 Å².